The number of ether oxygens (including phenoxy) is 1. The maximum atomic E-state index is 13.2. The van der Waals surface area contributed by atoms with E-state index < -0.39 is 0 Å². The van der Waals surface area contributed by atoms with Crippen LogP contribution in [0, 0.1) is 12.3 Å². The average molecular weight is 365 g/mol. The number of carbonyl (C=O) groups is 1. The minimum Gasteiger partial charge on any atom is -0.497 e. The van der Waals surface area contributed by atoms with Gasteiger partial charge in [0.15, 0.2) is 0 Å². The second-order valence-electron chi connectivity index (χ2n) is 6.49. The fourth-order valence-electron chi connectivity index (χ4n) is 3.55. The van der Waals surface area contributed by atoms with Gasteiger partial charge in [0.1, 0.15) is 5.75 Å². The number of anilines is 1. The van der Waals surface area contributed by atoms with E-state index in [0.717, 1.165) is 22.6 Å². The largest absolute Gasteiger partial charge is 0.497 e. The monoisotopic (exact) mass is 365 g/mol. The fraction of sp³-hybridized carbons (Fsp3) is 0.0800. The number of nitrogens with zero attached hydrogens (tertiary/aromatic N) is 1. The molecule has 1 aliphatic rings. The Bertz CT molecular complexity index is 1060. The first-order chi connectivity index (χ1) is 13.7. The van der Waals surface area contributed by atoms with Crippen LogP contribution in [-0.2, 0) is 4.79 Å². The quantitative estimate of drug-likeness (QED) is 0.375. The van der Waals surface area contributed by atoms with Crippen molar-refractivity contribution in [3.8, 4) is 18.1 Å². The highest BCUT2D eigenvalue weighted by atomic mass is 16.5. The Morgan fingerprint density at radius 2 is 1.54 bits per heavy atom. The third kappa shape index (κ3) is 2.95. The van der Waals surface area contributed by atoms with Crippen LogP contribution in [0.4, 0.5) is 5.69 Å². The molecular weight excluding hydrogens is 346 g/mol. The lowest BCUT2D eigenvalue weighted by atomic mass is 9.82. The zero-order chi connectivity index (χ0) is 19.5. The van der Waals surface area contributed by atoms with Gasteiger partial charge in [0, 0.05) is 11.3 Å². The molecule has 0 saturated carbocycles. The summed E-state index contributed by atoms with van der Waals surface area (Å²) in [6, 6.07) is 26.9. The minimum absolute atomic E-state index is 0.0733. The highest BCUT2D eigenvalue weighted by Crippen LogP contribution is 2.46. The molecule has 0 spiro atoms. The first-order valence-corrected chi connectivity index (χ1v) is 9.03. The van der Waals surface area contributed by atoms with Crippen molar-refractivity contribution in [3.05, 3.63) is 102 Å². The van der Waals surface area contributed by atoms with Crippen LogP contribution in [-0.4, -0.2) is 13.0 Å². The molecule has 0 aliphatic carbocycles. The maximum absolute atomic E-state index is 13.2. The van der Waals surface area contributed by atoms with Crippen LogP contribution in [0.5, 0.6) is 5.75 Å². The summed E-state index contributed by atoms with van der Waals surface area (Å²) in [5.74, 6) is 3.43. The van der Waals surface area contributed by atoms with Crippen molar-refractivity contribution in [2.75, 3.05) is 12.0 Å². The van der Waals surface area contributed by atoms with Gasteiger partial charge in [0.05, 0.1) is 18.7 Å². The zero-order valence-electron chi connectivity index (χ0n) is 15.5. The Kier molecular flexibility index (Phi) is 4.70. The van der Waals surface area contributed by atoms with E-state index in [-0.39, 0.29) is 11.9 Å². The molecule has 1 fully saturated rings. The van der Waals surface area contributed by atoms with E-state index in [1.165, 1.54) is 0 Å². The summed E-state index contributed by atoms with van der Waals surface area (Å²) >= 11 is 0. The number of methoxy groups -OCH3 is 1. The Balaban J connectivity index is 1.84. The summed E-state index contributed by atoms with van der Waals surface area (Å²) in [6.45, 7) is 0. The molecule has 3 nitrogen and oxygen atoms in total. The van der Waals surface area contributed by atoms with Crippen LogP contribution in [0.3, 0.4) is 0 Å². The van der Waals surface area contributed by atoms with Crippen molar-refractivity contribution in [3.63, 3.8) is 0 Å². The van der Waals surface area contributed by atoms with Crippen LogP contribution < -0.4 is 9.64 Å². The van der Waals surface area contributed by atoms with Crippen LogP contribution in [0.1, 0.15) is 17.2 Å². The molecule has 3 aromatic rings. The normalized spacial score (nSPS) is 17.5. The third-order valence-electron chi connectivity index (χ3n) is 4.92. The number of carbonyl (C=O) groups excluding carboxylic acids is 1. The average Bonchev–Trinajstić information content (AvgIpc) is 2.77. The van der Waals surface area contributed by atoms with Crippen molar-refractivity contribution < 1.29 is 9.53 Å². The van der Waals surface area contributed by atoms with Gasteiger partial charge in [-0.2, -0.15) is 0 Å². The molecule has 0 radical (unpaired) electrons. The first kappa shape index (κ1) is 17.6. The number of hydrogen-bond donors (Lipinski definition) is 0. The van der Waals surface area contributed by atoms with Gasteiger partial charge in [-0.15, -0.1) is 6.42 Å². The fourth-order valence-corrected chi connectivity index (χ4v) is 3.55. The van der Waals surface area contributed by atoms with E-state index in [2.05, 4.69) is 5.92 Å². The lowest BCUT2D eigenvalue weighted by Gasteiger charge is -2.44. The molecule has 0 aromatic heterocycles. The van der Waals surface area contributed by atoms with Gasteiger partial charge >= 0.3 is 0 Å². The van der Waals surface area contributed by atoms with Crippen molar-refractivity contribution in [1.29, 1.82) is 0 Å². The van der Waals surface area contributed by atoms with Crippen molar-refractivity contribution >= 4 is 17.2 Å². The highest BCUT2D eigenvalue weighted by Gasteiger charge is 2.45. The maximum Gasteiger partial charge on any atom is 0.258 e. The number of hydrogen-bond acceptors (Lipinski definition) is 2. The summed E-state index contributed by atoms with van der Waals surface area (Å²) in [4.78, 5) is 15.0. The molecule has 1 aliphatic heterocycles. The summed E-state index contributed by atoms with van der Waals surface area (Å²) in [7, 11) is 1.62. The third-order valence-corrected chi connectivity index (χ3v) is 4.92. The van der Waals surface area contributed by atoms with Crippen molar-refractivity contribution in [2.45, 2.75) is 6.04 Å². The van der Waals surface area contributed by atoms with Crippen LogP contribution in [0.25, 0.3) is 5.57 Å². The molecule has 1 heterocycles. The second-order valence-corrected chi connectivity index (χ2v) is 6.49. The number of terminal acetylenes is 1. The van der Waals surface area contributed by atoms with Gasteiger partial charge in [-0.05, 0) is 35.4 Å². The van der Waals surface area contributed by atoms with Gasteiger partial charge in [0.25, 0.3) is 5.91 Å². The number of rotatable bonds is 4. The Hall–Kier alpha value is -3.77. The molecule has 4 rings (SSSR count). The number of benzene rings is 3. The number of β-lactam (4-membered cyclic amide) rings is 1. The van der Waals surface area contributed by atoms with E-state index in [1.807, 2.05) is 84.9 Å². The van der Waals surface area contributed by atoms with E-state index in [1.54, 1.807) is 12.0 Å². The van der Waals surface area contributed by atoms with Crippen LogP contribution >= 0.6 is 0 Å². The van der Waals surface area contributed by atoms with Gasteiger partial charge < -0.3 is 4.74 Å². The molecule has 0 bridgehead atoms. The summed E-state index contributed by atoms with van der Waals surface area (Å²) in [5.41, 5.74) is 4.01. The predicted molar refractivity (Wildman–Crippen MR) is 112 cm³/mol. The van der Waals surface area contributed by atoms with E-state index in [4.69, 9.17) is 11.2 Å². The molecule has 136 valence electrons. The Morgan fingerprint density at radius 3 is 2.11 bits per heavy atom. The first-order valence-electron chi connectivity index (χ1n) is 9.03. The van der Waals surface area contributed by atoms with Crippen LogP contribution in [0.15, 0.2) is 90.5 Å². The summed E-state index contributed by atoms with van der Waals surface area (Å²) in [6.07, 6.45) is 5.84. The smallest absolute Gasteiger partial charge is 0.258 e. The minimum atomic E-state index is -0.228. The van der Waals surface area contributed by atoms with E-state index in [0.29, 0.717) is 11.1 Å². The highest BCUT2D eigenvalue weighted by molar-refractivity contribution is 6.21. The molecule has 0 N–H and O–H groups in total. The molecule has 1 atom stereocenters. The lowest BCUT2D eigenvalue weighted by Crippen LogP contribution is -2.49. The summed E-state index contributed by atoms with van der Waals surface area (Å²) in [5, 5.41) is 0. The summed E-state index contributed by atoms with van der Waals surface area (Å²) < 4.78 is 5.23. The van der Waals surface area contributed by atoms with Crippen molar-refractivity contribution in [1.82, 2.24) is 0 Å². The predicted octanol–water partition coefficient (Wildman–Crippen LogP) is 4.87. The van der Waals surface area contributed by atoms with Gasteiger partial charge in [0.2, 0.25) is 0 Å². The lowest BCUT2D eigenvalue weighted by molar-refractivity contribution is -0.118. The molecule has 3 heteroatoms. The SMILES string of the molecule is C#C/C(=C1\C(=O)N(c2ccc(OC)cc2)C1c1ccccc1)c1ccccc1. The van der Waals surface area contributed by atoms with Gasteiger partial charge in [-0.3, -0.25) is 9.69 Å². The number of amides is 1. The van der Waals surface area contributed by atoms with E-state index in [9.17, 15) is 4.79 Å². The Labute approximate surface area is 164 Å². The van der Waals surface area contributed by atoms with Crippen molar-refractivity contribution in [2.24, 2.45) is 0 Å². The number of allylic oxidation sites excluding steroid dienone is 1. The second kappa shape index (κ2) is 7.46. The van der Waals surface area contributed by atoms with E-state index >= 15 is 0 Å². The molecule has 1 amide bonds. The van der Waals surface area contributed by atoms with Crippen LogP contribution in [0.2, 0.25) is 0 Å². The Morgan fingerprint density at radius 1 is 0.929 bits per heavy atom. The molecule has 1 saturated heterocycles. The van der Waals surface area contributed by atoms with Gasteiger partial charge in [-0.1, -0.05) is 66.6 Å². The molecule has 1 unspecified atom stereocenters. The zero-order valence-corrected chi connectivity index (χ0v) is 15.5. The molecular formula is C25H19NO2. The molecule has 3 aromatic carbocycles. The molecule has 28 heavy (non-hydrogen) atoms. The van der Waals surface area contributed by atoms with Gasteiger partial charge in [-0.25, -0.2) is 0 Å². The standard InChI is InChI=1S/C25H19NO2/c1-3-22(18-10-6-4-7-11-18)23-24(19-12-8-5-9-13-19)26(25(23)27)20-14-16-21(28-2)17-15-20/h1,4-17,24H,2H3/b23-22+. The topological polar surface area (TPSA) is 29.5 Å².